The Morgan fingerprint density at radius 1 is 0.362 bits per heavy atom. The van der Waals surface area contributed by atoms with Gasteiger partial charge in [-0.1, -0.05) is 84.6 Å². The van der Waals surface area contributed by atoms with Crippen LogP contribution in [0.2, 0.25) is 0 Å². The highest BCUT2D eigenvalue weighted by Gasteiger charge is 2.44. The minimum absolute atomic E-state index is 0.0259. The predicted octanol–water partition coefficient (Wildman–Crippen LogP) is 12.2. The smallest absolute Gasteiger partial charge is 0.0642 e. The number of aryl methyl sites for hydroxylation is 4. The Kier molecular flexibility index (Phi) is 8.68. The van der Waals surface area contributed by atoms with Crippen LogP contribution in [0.1, 0.15) is 60.1 Å². The molecule has 0 saturated carbocycles. The van der Waals surface area contributed by atoms with Gasteiger partial charge in [0.25, 0.3) is 0 Å². The molecule has 0 N–H and O–H groups in total. The second-order valence-electron chi connectivity index (χ2n) is 13.1. The second kappa shape index (κ2) is 12.9. The minimum Gasteiger partial charge on any atom is -0.0642 e. The zero-order chi connectivity index (χ0) is 32.7. The normalized spacial score (nSPS) is 13.2. The van der Waals surface area contributed by atoms with Crippen LogP contribution in [0.4, 0.5) is 0 Å². The van der Waals surface area contributed by atoms with Gasteiger partial charge in [-0.05, 0) is 148 Å². The Morgan fingerprint density at radius 2 is 0.617 bits per heavy atom. The molecule has 1 aliphatic rings. The molecular weight excluding hydrogens is 605 g/mol. The van der Waals surface area contributed by atoms with Crippen LogP contribution >= 0.6 is 0 Å². The summed E-state index contributed by atoms with van der Waals surface area (Å²) in [5, 5.41) is 0. The topological polar surface area (TPSA) is 0 Å². The summed E-state index contributed by atoms with van der Waals surface area (Å²) in [6, 6.07) is 51.5. The summed E-state index contributed by atoms with van der Waals surface area (Å²) in [4.78, 5) is 8.28. The first-order chi connectivity index (χ1) is 22.8. The van der Waals surface area contributed by atoms with Gasteiger partial charge in [0, 0.05) is 5.41 Å². The Bertz CT molecular complexity index is 1780. The van der Waals surface area contributed by atoms with Crippen molar-refractivity contribution in [2.45, 2.75) is 89.2 Å². The molecule has 0 amide bonds. The zero-order valence-corrected chi connectivity index (χ0v) is 30.1. The molecule has 0 atom stereocenters. The van der Waals surface area contributed by atoms with E-state index in [0.717, 1.165) is 12.8 Å². The van der Waals surface area contributed by atoms with Crippen LogP contribution in [-0.4, -0.2) is 0 Å². The van der Waals surface area contributed by atoms with Crippen molar-refractivity contribution in [1.82, 2.24) is 0 Å². The Morgan fingerprint density at radius 3 is 0.872 bits per heavy atom. The van der Waals surface area contributed by atoms with Crippen LogP contribution in [0.15, 0.2) is 163 Å². The first-order valence-electron chi connectivity index (χ1n) is 16.9. The molecule has 0 fully saturated rings. The van der Waals surface area contributed by atoms with Crippen LogP contribution < -0.4 is 0 Å². The van der Waals surface area contributed by atoms with E-state index in [-0.39, 0.29) is 27.2 Å². The van der Waals surface area contributed by atoms with Crippen molar-refractivity contribution in [3.8, 4) is 11.1 Å². The number of hydrogen-bond donors (Lipinski definition) is 0. The maximum Gasteiger partial charge on any atom is 0.166 e. The molecule has 1 aliphatic carbocycles. The molecule has 0 aromatic heterocycles. The van der Waals surface area contributed by atoms with Crippen molar-refractivity contribution >= 4 is 21.8 Å². The van der Waals surface area contributed by atoms with Gasteiger partial charge in [0.15, 0.2) is 29.4 Å². The molecule has 7 rings (SSSR count). The van der Waals surface area contributed by atoms with Crippen LogP contribution in [0.3, 0.4) is 0 Å². The molecular formula is C45H44S2+2. The van der Waals surface area contributed by atoms with Crippen molar-refractivity contribution in [3.05, 3.63) is 167 Å². The highest BCUT2D eigenvalue weighted by atomic mass is 32.2. The standard InChI is InChI=1S/C45H44S2/c1-7-45(8-2)43-29-39(46(35-17-9-31(3)10-18-35)36-19-11-32(4)12-20-36)25-27-41(43)42-28-26-40(30-44(42)45)47(37-21-13-33(5)14-22-37)38-23-15-34(6)16-24-38/h9-30H,7-8H2,1-6H3/q+2. The van der Waals surface area contributed by atoms with E-state index in [9.17, 15) is 0 Å². The Balaban J connectivity index is 1.38. The molecule has 0 nitrogen and oxygen atoms in total. The fraction of sp³-hybridized carbons (Fsp3) is 0.200. The van der Waals surface area contributed by atoms with Crippen molar-refractivity contribution < 1.29 is 0 Å². The molecule has 0 unspecified atom stereocenters. The SMILES string of the molecule is CCC1(CC)c2cc([S+](c3ccc(C)cc3)c3ccc(C)cc3)ccc2-c2ccc([S+](c3ccc(C)cc3)c3ccc(C)cc3)cc21. The first kappa shape index (κ1) is 31.6. The lowest BCUT2D eigenvalue weighted by atomic mass is 9.74. The summed E-state index contributed by atoms with van der Waals surface area (Å²) in [6.45, 7) is 13.5. The minimum atomic E-state index is -0.190. The van der Waals surface area contributed by atoms with Crippen molar-refractivity contribution in [3.63, 3.8) is 0 Å². The van der Waals surface area contributed by atoms with Gasteiger partial charge in [0.2, 0.25) is 0 Å². The third kappa shape index (κ3) is 5.77. The average Bonchev–Trinajstić information content (AvgIpc) is 3.37. The van der Waals surface area contributed by atoms with Gasteiger partial charge in [-0.25, -0.2) is 0 Å². The summed E-state index contributed by atoms with van der Waals surface area (Å²) in [7, 11) is -0.380. The average molecular weight is 649 g/mol. The molecule has 6 aromatic carbocycles. The van der Waals surface area contributed by atoms with Crippen LogP contribution in [0.5, 0.6) is 0 Å². The molecule has 0 spiro atoms. The number of fused-ring (bicyclic) bond motifs is 3. The van der Waals surface area contributed by atoms with E-state index in [0.29, 0.717) is 0 Å². The van der Waals surface area contributed by atoms with Crippen LogP contribution in [0, 0.1) is 27.7 Å². The van der Waals surface area contributed by atoms with E-state index >= 15 is 0 Å². The summed E-state index contributed by atoms with van der Waals surface area (Å²) < 4.78 is 0. The number of rotatable bonds is 8. The lowest BCUT2D eigenvalue weighted by molar-refractivity contribution is 0.488. The lowest BCUT2D eigenvalue weighted by Gasteiger charge is -2.29. The van der Waals surface area contributed by atoms with Crippen molar-refractivity contribution in [2.24, 2.45) is 0 Å². The maximum absolute atomic E-state index is 2.57. The number of benzene rings is 6. The Labute approximate surface area is 287 Å². The molecule has 0 saturated heterocycles. The third-order valence-electron chi connectivity index (χ3n) is 10.0. The molecule has 47 heavy (non-hydrogen) atoms. The molecule has 234 valence electrons. The summed E-state index contributed by atoms with van der Waals surface area (Å²) in [5.41, 5.74) is 11.0. The molecule has 6 aromatic rings. The third-order valence-corrected chi connectivity index (χ3v) is 14.4. The fourth-order valence-corrected chi connectivity index (χ4v) is 11.4. The maximum atomic E-state index is 2.57. The van der Waals surface area contributed by atoms with Gasteiger partial charge in [-0.2, -0.15) is 0 Å². The predicted molar refractivity (Wildman–Crippen MR) is 202 cm³/mol. The van der Waals surface area contributed by atoms with Crippen molar-refractivity contribution in [1.29, 1.82) is 0 Å². The second-order valence-corrected chi connectivity index (χ2v) is 17.1. The summed E-state index contributed by atoms with van der Waals surface area (Å²) in [6.07, 6.45) is 2.14. The largest absolute Gasteiger partial charge is 0.166 e. The highest BCUT2D eigenvalue weighted by molar-refractivity contribution is 7.97. The van der Waals surface area contributed by atoms with Crippen LogP contribution in [-0.2, 0) is 27.2 Å². The monoisotopic (exact) mass is 648 g/mol. The van der Waals surface area contributed by atoms with Gasteiger partial charge >= 0.3 is 0 Å². The van der Waals surface area contributed by atoms with Crippen molar-refractivity contribution in [2.75, 3.05) is 0 Å². The van der Waals surface area contributed by atoms with E-state index in [4.69, 9.17) is 0 Å². The fourth-order valence-electron chi connectivity index (χ4n) is 7.23. The first-order valence-corrected chi connectivity index (χ1v) is 19.3. The van der Waals surface area contributed by atoms with Gasteiger partial charge in [0.1, 0.15) is 0 Å². The lowest BCUT2D eigenvalue weighted by Crippen LogP contribution is -2.24. The molecule has 2 heteroatoms. The van der Waals surface area contributed by atoms with Gasteiger partial charge in [-0.15, -0.1) is 0 Å². The van der Waals surface area contributed by atoms with Crippen LogP contribution in [0.25, 0.3) is 11.1 Å². The van der Waals surface area contributed by atoms with E-state index in [1.165, 1.54) is 73.9 Å². The number of hydrogen-bond acceptors (Lipinski definition) is 0. The van der Waals surface area contributed by atoms with E-state index in [2.05, 4.69) is 175 Å². The van der Waals surface area contributed by atoms with Gasteiger partial charge in [0.05, 0.1) is 21.8 Å². The van der Waals surface area contributed by atoms with E-state index in [1.807, 2.05) is 0 Å². The zero-order valence-electron chi connectivity index (χ0n) is 28.4. The summed E-state index contributed by atoms with van der Waals surface area (Å²) >= 11 is 0. The molecule has 0 radical (unpaired) electrons. The Hall–Kier alpha value is -3.98. The quantitative estimate of drug-likeness (QED) is 0.144. The molecule has 0 aliphatic heterocycles. The van der Waals surface area contributed by atoms with Gasteiger partial charge in [-0.3, -0.25) is 0 Å². The molecule has 0 bridgehead atoms. The van der Waals surface area contributed by atoms with E-state index < -0.39 is 0 Å². The highest BCUT2D eigenvalue weighted by Crippen LogP contribution is 2.54. The molecule has 0 heterocycles. The van der Waals surface area contributed by atoms with E-state index in [1.54, 1.807) is 0 Å². The van der Waals surface area contributed by atoms with Gasteiger partial charge < -0.3 is 0 Å². The summed E-state index contributed by atoms with van der Waals surface area (Å²) in [5.74, 6) is 0.